The predicted octanol–water partition coefficient (Wildman–Crippen LogP) is 2.46. The largest absolute Gasteiger partial charge is 0.307 e. The van der Waals surface area contributed by atoms with Crippen LogP contribution < -0.4 is 16.2 Å². The molecule has 1 aromatic carbocycles. The minimum atomic E-state index is 0.485. The molecule has 0 spiro atoms. The van der Waals surface area contributed by atoms with E-state index in [1.165, 1.54) is 11.3 Å². The van der Waals surface area contributed by atoms with Crippen LogP contribution in [0.4, 0.5) is 10.8 Å². The molecule has 0 unspecified atom stereocenters. The van der Waals surface area contributed by atoms with E-state index < -0.39 is 0 Å². The Hall–Kier alpha value is -1.66. The molecule has 0 bridgehead atoms. The fourth-order valence-electron chi connectivity index (χ4n) is 1.06. The van der Waals surface area contributed by atoms with Crippen LogP contribution in [-0.2, 0) is 0 Å². The van der Waals surface area contributed by atoms with Crippen molar-refractivity contribution in [3.8, 4) is 0 Å². The van der Waals surface area contributed by atoms with Gasteiger partial charge < -0.3 is 5.32 Å². The van der Waals surface area contributed by atoms with E-state index in [0.717, 1.165) is 10.8 Å². The fourth-order valence-corrected chi connectivity index (χ4v) is 1.81. The molecular weight excluding hydrogens is 240 g/mol. The van der Waals surface area contributed by atoms with Crippen molar-refractivity contribution >= 4 is 39.5 Å². The zero-order valence-electron chi connectivity index (χ0n) is 8.31. The van der Waals surface area contributed by atoms with E-state index in [-0.39, 0.29) is 0 Å². The second kappa shape index (κ2) is 5.43. The standard InChI is InChI=1S/C10H10N4S2/c15-9(12-10-11-6-7-16-10)14-13-8-4-2-1-3-5-8/h1-7,13H,(H2,11,12,14,15). The SMILES string of the molecule is S=C(NNc1ccccc1)Nc1nccs1. The smallest absolute Gasteiger partial charge is 0.191 e. The molecule has 4 nitrogen and oxygen atoms in total. The minimum absolute atomic E-state index is 0.485. The highest BCUT2D eigenvalue weighted by Crippen LogP contribution is 2.09. The van der Waals surface area contributed by atoms with Crippen molar-refractivity contribution in [1.29, 1.82) is 0 Å². The van der Waals surface area contributed by atoms with E-state index in [4.69, 9.17) is 12.2 Å². The Morgan fingerprint density at radius 1 is 1.25 bits per heavy atom. The number of para-hydroxylation sites is 1. The van der Waals surface area contributed by atoms with Crippen LogP contribution in [0.2, 0.25) is 0 Å². The number of hydrogen-bond acceptors (Lipinski definition) is 4. The van der Waals surface area contributed by atoms with Crippen molar-refractivity contribution < 1.29 is 0 Å². The van der Waals surface area contributed by atoms with E-state index in [0.29, 0.717) is 5.11 Å². The molecule has 82 valence electrons. The first-order valence-electron chi connectivity index (χ1n) is 4.62. The van der Waals surface area contributed by atoms with Crippen LogP contribution in [0.3, 0.4) is 0 Å². The molecule has 0 amide bonds. The third kappa shape index (κ3) is 3.18. The number of benzene rings is 1. The predicted molar refractivity (Wildman–Crippen MR) is 71.5 cm³/mol. The highest BCUT2D eigenvalue weighted by atomic mass is 32.1. The third-order valence-corrected chi connectivity index (χ3v) is 2.64. The van der Waals surface area contributed by atoms with Gasteiger partial charge >= 0.3 is 0 Å². The van der Waals surface area contributed by atoms with E-state index >= 15 is 0 Å². The Balaban J connectivity index is 1.80. The zero-order valence-corrected chi connectivity index (χ0v) is 9.94. The maximum absolute atomic E-state index is 5.08. The van der Waals surface area contributed by atoms with Crippen molar-refractivity contribution in [2.45, 2.75) is 0 Å². The molecule has 1 aromatic heterocycles. The summed E-state index contributed by atoms with van der Waals surface area (Å²) in [5.74, 6) is 0. The van der Waals surface area contributed by atoms with Crippen LogP contribution in [0, 0.1) is 0 Å². The van der Waals surface area contributed by atoms with Crippen molar-refractivity contribution in [3.05, 3.63) is 41.9 Å². The zero-order chi connectivity index (χ0) is 11.2. The van der Waals surface area contributed by atoms with Crippen molar-refractivity contribution in [2.75, 3.05) is 10.7 Å². The van der Waals surface area contributed by atoms with E-state index in [9.17, 15) is 0 Å². The van der Waals surface area contributed by atoms with E-state index in [1.807, 2.05) is 35.7 Å². The Bertz CT molecular complexity index is 441. The lowest BCUT2D eigenvalue weighted by Gasteiger charge is -2.10. The summed E-state index contributed by atoms with van der Waals surface area (Å²) in [7, 11) is 0. The van der Waals surface area contributed by atoms with Crippen molar-refractivity contribution in [3.63, 3.8) is 0 Å². The summed E-state index contributed by atoms with van der Waals surface area (Å²) in [6.07, 6.45) is 1.72. The molecule has 6 heteroatoms. The number of hydrazine groups is 1. The molecule has 0 atom stereocenters. The second-order valence-corrected chi connectivity index (χ2v) is 4.21. The topological polar surface area (TPSA) is 49.0 Å². The molecule has 0 aliphatic heterocycles. The maximum Gasteiger partial charge on any atom is 0.191 e. The summed E-state index contributed by atoms with van der Waals surface area (Å²) in [6.45, 7) is 0. The van der Waals surface area contributed by atoms with Gasteiger partial charge in [0.25, 0.3) is 0 Å². The van der Waals surface area contributed by atoms with Crippen molar-refractivity contribution in [1.82, 2.24) is 10.4 Å². The molecule has 0 saturated carbocycles. The highest BCUT2D eigenvalue weighted by molar-refractivity contribution is 7.80. The van der Waals surface area contributed by atoms with Gasteiger partial charge in [0, 0.05) is 11.6 Å². The molecule has 0 fully saturated rings. The summed E-state index contributed by atoms with van der Waals surface area (Å²) in [5, 5.41) is 6.10. The normalized spacial score (nSPS) is 9.50. The lowest BCUT2D eigenvalue weighted by molar-refractivity contribution is 1.14. The van der Waals surface area contributed by atoms with Crippen LogP contribution in [0.5, 0.6) is 0 Å². The molecule has 2 aromatic rings. The summed E-state index contributed by atoms with van der Waals surface area (Å²) >= 11 is 6.58. The fraction of sp³-hybridized carbons (Fsp3) is 0. The van der Waals surface area contributed by atoms with Crippen LogP contribution in [-0.4, -0.2) is 10.1 Å². The van der Waals surface area contributed by atoms with Gasteiger partial charge in [-0.1, -0.05) is 18.2 Å². The average molecular weight is 250 g/mol. The number of nitrogens with one attached hydrogen (secondary N) is 3. The number of hydrogen-bond donors (Lipinski definition) is 3. The lowest BCUT2D eigenvalue weighted by atomic mass is 10.3. The molecular formula is C10H10N4S2. The van der Waals surface area contributed by atoms with Gasteiger partial charge in [-0.15, -0.1) is 11.3 Å². The molecule has 1 heterocycles. The van der Waals surface area contributed by atoms with E-state index in [2.05, 4.69) is 21.2 Å². The lowest BCUT2D eigenvalue weighted by Crippen LogP contribution is -2.33. The van der Waals surface area contributed by atoms with Crippen molar-refractivity contribution in [2.24, 2.45) is 0 Å². The van der Waals surface area contributed by atoms with Crippen LogP contribution >= 0.6 is 23.6 Å². The summed E-state index contributed by atoms with van der Waals surface area (Å²) < 4.78 is 0. The maximum atomic E-state index is 5.08. The van der Waals surface area contributed by atoms with Gasteiger partial charge in [0.2, 0.25) is 0 Å². The van der Waals surface area contributed by atoms with Gasteiger partial charge in [-0.05, 0) is 24.4 Å². The number of rotatable bonds is 3. The Morgan fingerprint density at radius 3 is 2.75 bits per heavy atom. The van der Waals surface area contributed by atoms with Crippen LogP contribution in [0.25, 0.3) is 0 Å². The molecule has 16 heavy (non-hydrogen) atoms. The number of thiazole rings is 1. The first-order valence-corrected chi connectivity index (χ1v) is 5.91. The second-order valence-electron chi connectivity index (χ2n) is 2.91. The average Bonchev–Trinajstić information content (AvgIpc) is 2.81. The first-order chi connectivity index (χ1) is 7.84. The number of aromatic nitrogens is 1. The van der Waals surface area contributed by atoms with Crippen LogP contribution in [0.15, 0.2) is 41.9 Å². The molecule has 2 rings (SSSR count). The molecule has 0 aliphatic rings. The van der Waals surface area contributed by atoms with Gasteiger partial charge in [0.1, 0.15) is 0 Å². The number of nitrogens with zero attached hydrogens (tertiary/aromatic N) is 1. The Labute approximate surface area is 103 Å². The quantitative estimate of drug-likeness (QED) is 0.577. The van der Waals surface area contributed by atoms with Gasteiger partial charge in [-0.25, -0.2) is 4.98 Å². The van der Waals surface area contributed by atoms with Gasteiger partial charge in [0.15, 0.2) is 10.2 Å². The molecule has 0 aliphatic carbocycles. The van der Waals surface area contributed by atoms with Gasteiger partial charge in [0.05, 0.1) is 5.69 Å². The minimum Gasteiger partial charge on any atom is -0.307 e. The summed E-state index contributed by atoms with van der Waals surface area (Å²) in [5.41, 5.74) is 6.80. The monoisotopic (exact) mass is 250 g/mol. The van der Waals surface area contributed by atoms with E-state index in [1.54, 1.807) is 6.20 Å². The molecule has 0 radical (unpaired) electrons. The third-order valence-electron chi connectivity index (χ3n) is 1.75. The summed E-state index contributed by atoms with van der Waals surface area (Å²) in [6, 6.07) is 9.73. The van der Waals surface area contributed by atoms with Gasteiger partial charge in [-0.2, -0.15) is 0 Å². The summed E-state index contributed by atoms with van der Waals surface area (Å²) in [4.78, 5) is 4.06. The highest BCUT2D eigenvalue weighted by Gasteiger charge is 1.98. The Morgan fingerprint density at radius 2 is 2.06 bits per heavy atom. The molecule has 3 N–H and O–H groups in total. The van der Waals surface area contributed by atoms with Gasteiger partial charge in [-0.3, -0.25) is 10.9 Å². The number of thiocarbonyl (C=S) groups is 1. The number of anilines is 2. The van der Waals surface area contributed by atoms with Crippen LogP contribution in [0.1, 0.15) is 0 Å². The molecule has 0 saturated heterocycles. The first kappa shape index (κ1) is 10.8. The Kier molecular flexibility index (Phi) is 3.68.